The molecule has 0 aliphatic rings. The van der Waals surface area contributed by atoms with Gasteiger partial charge in [0.05, 0.1) is 0 Å². The first kappa shape index (κ1) is 15.1. The van der Waals surface area contributed by atoms with Crippen molar-refractivity contribution in [3.63, 3.8) is 0 Å². The molecule has 1 atom stereocenters. The molecule has 0 saturated heterocycles. The Balaban J connectivity index is 2.27. The summed E-state index contributed by atoms with van der Waals surface area (Å²) in [6.07, 6.45) is 0.882. The fraction of sp³-hybridized carbons (Fsp3) is 0.200. The first-order chi connectivity index (χ1) is 9.10. The first-order valence-corrected chi connectivity index (χ1v) is 7.80. The number of likely N-dealkylation sites (N-methyl/N-ethyl adjacent to an activating group) is 1. The summed E-state index contributed by atoms with van der Waals surface area (Å²) in [5.41, 5.74) is 2.43. The van der Waals surface area contributed by atoms with Crippen molar-refractivity contribution in [2.45, 2.75) is 12.5 Å². The number of nitrogens with one attached hydrogen (secondary N) is 1. The van der Waals surface area contributed by atoms with E-state index in [2.05, 4.69) is 34.0 Å². The summed E-state index contributed by atoms with van der Waals surface area (Å²) >= 11 is 14.5. The van der Waals surface area contributed by atoms with Gasteiger partial charge in [-0.15, -0.1) is 0 Å². The van der Waals surface area contributed by atoms with Crippen molar-refractivity contribution < 1.29 is 0 Å². The van der Waals surface area contributed by atoms with E-state index in [0.29, 0.717) is 0 Å². The Kier molecular flexibility index (Phi) is 5.51. The summed E-state index contributed by atoms with van der Waals surface area (Å²) in [5.74, 6) is 0. The first-order valence-electron chi connectivity index (χ1n) is 5.97. The SMILES string of the molecule is CNC(Cc1cccc(Cl)c1)c1cc(Cl)ccc1I. The Bertz CT molecular complexity index is 572. The molecule has 1 nitrogen and oxygen atoms in total. The minimum Gasteiger partial charge on any atom is -0.313 e. The Morgan fingerprint density at radius 3 is 2.53 bits per heavy atom. The standard InChI is InChI=1S/C15H14Cl2IN/c1-19-15(8-10-3-2-4-11(16)7-10)13-9-12(17)5-6-14(13)18/h2-7,9,15,19H,8H2,1H3. The van der Waals surface area contributed by atoms with Gasteiger partial charge in [-0.25, -0.2) is 0 Å². The molecule has 0 amide bonds. The zero-order chi connectivity index (χ0) is 13.8. The monoisotopic (exact) mass is 405 g/mol. The molecule has 0 spiro atoms. The lowest BCUT2D eigenvalue weighted by molar-refractivity contribution is 0.589. The zero-order valence-corrected chi connectivity index (χ0v) is 14.1. The molecule has 2 aromatic rings. The highest BCUT2D eigenvalue weighted by Crippen LogP contribution is 2.27. The van der Waals surface area contributed by atoms with E-state index in [4.69, 9.17) is 23.2 Å². The molecule has 0 bridgehead atoms. The van der Waals surface area contributed by atoms with Crippen molar-refractivity contribution in [1.29, 1.82) is 0 Å². The van der Waals surface area contributed by atoms with Gasteiger partial charge in [-0.3, -0.25) is 0 Å². The van der Waals surface area contributed by atoms with Gasteiger partial charge >= 0.3 is 0 Å². The van der Waals surface area contributed by atoms with Crippen LogP contribution in [0.3, 0.4) is 0 Å². The maximum absolute atomic E-state index is 6.09. The van der Waals surface area contributed by atoms with Crippen molar-refractivity contribution in [3.8, 4) is 0 Å². The van der Waals surface area contributed by atoms with Crippen LogP contribution in [0.4, 0.5) is 0 Å². The molecule has 19 heavy (non-hydrogen) atoms. The largest absolute Gasteiger partial charge is 0.313 e. The molecule has 0 radical (unpaired) electrons. The third kappa shape index (κ3) is 4.09. The normalized spacial score (nSPS) is 12.4. The molecule has 2 aromatic carbocycles. The third-order valence-electron chi connectivity index (χ3n) is 3.01. The van der Waals surface area contributed by atoms with Gasteiger partial charge in [0.2, 0.25) is 0 Å². The van der Waals surface area contributed by atoms with Crippen LogP contribution < -0.4 is 5.32 Å². The summed E-state index contributed by atoms with van der Waals surface area (Å²) in [4.78, 5) is 0. The molecule has 100 valence electrons. The van der Waals surface area contributed by atoms with E-state index in [1.165, 1.54) is 14.7 Å². The summed E-state index contributed by atoms with van der Waals surface area (Å²) in [7, 11) is 1.96. The average Bonchev–Trinajstić information content (AvgIpc) is 2.39. The van der Waals surface area contributed by atoms with Gasteiger partial charge in [-0.05, 0) is 77.5 Å². The molecule has 0 heterocycles. The lowest BCUT2D eigenvalue weighted by Crippen LogP contribution is -2.19. The molecule has 1 unspecified atom stereocenters. The van der Waals surface area contributed by atoms with Crippen molar-refractivity contribution in [1.82, 2.24) is 5.32 Å². The van der Waals surface area contributed by atoms with Gasteiger partial charge in [-0.2, -0.15) is 0 Å². The van der Waals surface area contributed by atoms with E-state index < -0.39 is 0 Å². The van der Waals surface area contributed by atoms with Crippen LogP contribution in [-0.2, 0) is 6.42 Å². The lowest BCUT2D eigenvalue weighted by Gasteiger charge is -2.19. The second kappa shape index (κ2) is 6.93. The molecule has 0 fully saturated rings. The fourth-order valence-electron chi connectivity index (χ4n) is 2.05. The number of benzene rings is 2. The van der Waals surface area contributed by atoms with E-state index >= 15 is 0 Å². The van der Waals surface area contributed by atoms with Crippen LogP contribution in [0.1, 0.15) is 17.2 Å². The smallest absolute Gasteiger partial charge is 0.0410 e. The number of hydrogen-bond acceptors (Lipinski definition) is 1. The van der Waals surface area contributed by atoms with Gasteiger partial charge < -0.3 is 5.32 Å². The summed E-state index contributed by atoms with van der Waals surface area (Å²) in [6.45, 7) is 0. The highest BCUT2D eigenvalue weighted by Gasteiger charge is 2.14. The predicted octanol–water partition coefficient (Wildman–Crippen LogP) is 5.10. The van der Waals surface area contributed by atoms with Gasteiger partial charge in [-0.1, -0.05) is 35.3 Å². The Hall–Kier alpha value is -0.290. The summed E-state index contributed by atoms with van der Waals surface area (Å²) < 4.78 is 1.21. The fourth-order valence-corrected chi connectivity index (χ4v) is 3.15. The predicted molar refractivity (Wildman–Crippen MR) is 91.1 cm³/mol. The van der Waals surface area contributed by atoms with Crippen LogP contribution in [0.5, 0.6) is 0 Å². The van der Waals surface area contributed by atoms with E-state index in [0.717, 1.165) is 16.5 Å². The van der Waals surface area contributed by atoms with Crippen LogP contribution >= 0.6 is 45.8 Å². The maximum Gasteiger partial charge on any atom is 0.0410 e. The molecule has 0 aromatic heterocycles. The Morgan fingerprint density at radius 1 is 1.11 bits per heavy atom. The Labute approximate surface area is 137 Å². The van der Waals surface area contributed by atoms with Crippen LogP contribution in [0.25, 0.3) is 0 Å². The van der Waals surface area contributed by atoms with E-state index in [-0.39, 0.29) is 6.04 Å². The van der Waals surface area contributed by atoms with Crippen LogP contribution in [0.2, 0.25) is 10.0 Å². The minimum atomic E-state index is 0.226. The topological polar surface area (TPSA) is 12.0 Å². The highest BCUT2D eigenvalue weighted by molar-refractivity contribution is 14.1. The van der Waals surface area contributed by atoms with E-state index in [1.54, 1.807) is 0 Å². The number of halogens is 3. The Morgan fingerprint density at radius 2 is 1.84 bits per heavy atom. The van der Waals surface area contributed by atoms with Crippen molar-refractivity contribution in [3.05, 3.63) is 67.2 Å². The lowest BCUT2D eigenvalue weighted by atomic mass is 9.99. The molecule has 0 saturated carbocycles. The highest BCUT2D eigenvalue weighted by atomic mass is 127. The average molecular weight is 406 g/mol. The molecule has 2 rings (SSSR count). The van der Waals surface area contributed by atoms with E-state index in [9.17, 15) is 0 Å². The number of hydrogen-bond donors (Lipinski definition) is 1. The maximum atomic E-state index is 6.09. The van der Waals surface area contributed by atoms with Gasteiger partial charge in [0.25, 0.3) is 0 Å². The van der Waals surface area contributed by atoms with Gasteiger partial charge in [0, 0.05) is 19.7 Å². The van der Waals surface area contributed by atoms with Crippen molar-refractivity contribution >= 4 is 45.8 Å². The second-order valence-electron chi connectivity index (χ2n) is 4.34. The molecular formula is C15H14Cl2IN. The second-order valence-corrected chi connectivity index (χ2v) is 6.38. The summed E-state index contributed by atoms with van der Waals surface area (Å²) in [6, 6.07) is 14.2. The van der Waals surface area contributed by atoms with Crippen LogP contribution in [0.15, 0.2) is 42.5 Å². The molecule has 4 heteroatoms. The third-order valence-corrected chi connectivity index (χ3v) is 4.46. The molecule has 0 aliphatic heterocycles. The van der Waals surface area contributed by atoms with Gasteiger partial charge in [0.15, 0.2) is 0 Å². The number of rotatable bonds is 4. The van der Waals surface area contributed by atoms with Gasteiger partial charge in [0.1, 0.15) is 0 Å². The van der Waals surface area contributed by atoms with E-state index in [1.807, 2.05) is 43.4 Å². The quantitative estimate of drug-likeness (QED) is 0.697. The van der Waals surface area contributed by atoms with Crippen molar-refractivity contribution in [2.75, 3.05) is 7.05 Å². The van der Waals surface area contributed by atoms with Crippen LogP contribution in [-0.4, -0.2) is 7.05 Å². The molecule has 1 N–H and O–H groups in total. The zero-order valence-electron chi connectivity index (χ0n) is 10.5. The molecule has 0 aliphatic carbocycles. The minimum absolute atomic E-state index is 0.226. The van der Waals surface area contributed by atoms with Crippen LogP contribution in [0, 0.1) is 3.57 Å². The summed E-state index contributed by atoms with van der Waals surface area (Å²) in [5, 5.41) is 4.88. The van der Waals surface area contributed by atoms with Crippen molar-refractivity contribution in [2.24, 2.45) is 0 Å². The molecular weight excluding hydrogens is 392 g/mol.